The smallest absolute Gasteiger partial charge is 0.317 e. The molecule has 1 aromatic carbocycles. The van der Waals surface area contributed by atoms with Crippen molar-refractivity contribution in [2.45, 2.75) is 32.6 Å². The topological polar surface area (TPSA) is 78.9 Å². The third-order valence-electron chi connectivity index (χ3n) is 5.48. The van der Waals surface area contributed by atoms with Crippen molar-refractivity contribution < 1.29 is 19.4 Å². The van der Waals surface area contributed by atoms with Crippen LogP contribution in [0.2, 0.25) is 0 Å². The molecule has 2 N–H and O–H groups in total. The molecule has 25 heavy (non-hydrogen) atoms. The molecule has 2 fully saturated rings. The summed E-state index contributed by atoms with van der Waals surface area (Å²) >= 11 is 0. The van der Waals surface area contributed by atoms with Crippen molar-refractivity contribution in [2.24, 2.45) is 11.3 Å². The Morgan fingerprint density at radius 2 is 2.28 bits per heavy atom. The van der Waals surface area contributed by atoms with E-state index in [1.807, 2.05) is 31.2 Å². The van der Waals surface area contributed by atoms with Crippen LogP contribution in [0.5, 0.6) is 5.75 Å². The van der Waals surface area contributed by atoms with E-state index in [4.69, 9.17) is 4.74 Å². The molecular weight excluding hydrogens is 320 g/mol. The molecule has 2 aliphatic rings. The number of nitrogens with one attached hydrogen (secondary N) is 1. The van der Waals surface area contributed by atoms with Gasteiger partial charge in [0, 0.05) is 19.6 Å². The van der Waals surface area contributed by atoms with Gasteiger partial charge in [0.15, 0.2) is 0 Å². The van der Waals surface area contributed by atoms with Crippen LogP contribution in [0.1, 0.15) is 31.7 Å². The minimum Gasteiger partial charge on any atom is -0.494 e. The summed E-state index contributed by atoms with van der Waals surface area (Å²) < 4.78 is 5.48. The highest BCUT2D eigenvalue weighted by Crippen LogP contribution is 2.48. The summed E-state index contributed by atoms with van der Waals surface area (Å²) in [7, 11) is 0. The normalized spacial score (nSPS) is 24.8. The Bertz CT molecular complexity index is 648. The summed E-state index contributed by atoms with van der Waals surface area (Å²) in [4.78, 5) is 25.8. The van der Waals surface area contributed by atoms with Gasteiger partial charge in [-0.15, -0.1) is 0 Å². The number of carbonyl (C=O) groups is 2. The number of carboxylic acids is 1. The number of ether oxygens (including phenoxy) is 1. The molecule has 6 nitrogen and oxygen atoms in total. The summed E-state index contributed by atoms with van der Waals surface area (Å²) in [5, 5.41) is 12.5. The molecule has 2 amide bonds. The average Bonchev–Trinajstić information content (AvgIpc) is 3.14. The van der Waals surface area contributed by atoms with Gasteiger partial charge in [0.05, 0.1) is 12.0 Å². The Kier molecular flexibility index (Phi) is 5.16. The number of aliphatic carboxylic acids is 1. The van der Waals surface area contributed by atoms with Gasteiger partial charge in [0.1, 0.15) is 5.75 Å². The van der Waals surface area contributed by atoms with E-state index in [9.17, 15) is 14.7 Å². The Labute approximate surface area is 148 Å². The van der Waals surface area contributed by atoms with E-state index in [1.165, 1.54) is 0 Å². The molecule has 1 saturated heterocycles. The lowest BCUT2D eigenvalue weighted by atomic mass is 9.81. The maximum absolute atomic E-state index is 12.4. The first kappa shape index (κ1) is 17.6. The van der Waals surface area contributed by atoms with Crippen LogP contribution in [-0.2, 0) is 11.2 Å². The number of carbonyl (C=O) groups excluding carboxylic acids is 1. The highest BCUT2D eigenvalue weighted by atomic mass is 16.5. The molecule has 1 saturated carbocycles. The molecule has 1 aliphatic heterocycles. The fourth-order valence-electron chi connectivity index (χ4n) is 4.18. The number of amides is 2. The molecule has 2 atom stereocenters. The standard InChI is InChI=1S/C19H26N2O4/c1-2-25-16-7-3-5-14(11-16)8-10-20-18(24)21-12-15-6-4-9-19(15,13-21)17(22)23/h3,5,7,11,15H,2,4,6,8-10,12-13H2,1H3,(H,20,24)(H,22,23)/t15-,19+/m0/s1. The van der Waals surface area contributed by atoms with Crippen molar-refractivity contribution in [1.82, 2.24) is 10.2 Å². The van der Waals surface area contributed by atoms with Gasteiger partial charge in [0.25, 0.3) is 0 Å². The van der Waals surface area contributed by atoms with Crippen LogP contribution in [0, 0.1) is 11.3 Å². The minimum atomic E-state index is -0.752. The van der Waals surface area contributed by atoms with Crippen LogP contribution in [0.3, 0.4) is 0 Å². The van der Waals surface area contributed by atoms with Gasteiger partial charge in [0.2, 0.25) is 0 Å². The van der Waals surface area contributed by atoms with E-state index < -0.39 is 11.4 Å². The van der Waals surface area contributed by atoms with Crippen LogP contribution in [0.15, 0.2) is 24.3 Å². The Hall–Kier alpha value is -2.24. The van der Waals surface area contributed by atoms with Crippen molar-refractivity contribution in [3.63, 3.8) is 0 Å². The Morgan fingerprint density at radius 3 is 3.00 bits per heavy atom. The molecule has 6 heteroatoms. The molecule has 0 spiro atoms. The highest BCUT2D eigenvalue weighted by Gasteiger charge is 2.55. The fraction of sp³-hybridized carbons (Fsp3) is 0.579. The maximum Gasteiger partial charge on any atom is 0.317 e. The molecule has 0 bridgehead atoms. The Morgan fingerprint density at radius 1 is 1.44 bits per heavy atom. The lowest BCUT2D eigenvalue weighted by molar-refractivity contribution is -0.149. The number of fused-ring (bicyclic) bond motifs is 1. The van der Waals surface area contributed by atoms with Crippen LogP contribution in [-0.4, -0.2) is 48.2 Å². The van der Waals surface area contributed by atoms with E-state index in [-0.39, 0.29) is 11.9 Å². The summed E-state index contributed by atoms with van der Waals surface area (Å²) in [6.07, 6.45) is 3.25. The molecule has 0 radical (unpaired) electrons. The van der Waals surface area contributed by atoms with E-state index in [0.717, 1.165) is 24.2 Å². The zero-order valence-electron chi connectivity index (χ0n) is 14.7. The molecule has 136 valence electrons. The number of likely N-dealkylation sites (tertiary alicyclic amines) is 1. The maximum atomic E-state index is 12.4. The second-order valence-corrected chi connectivity index (χ2v) is 6.99. The Balaban J connectivity index is 1.50. The van der Waals surface area contributed by atoms with E-state index in [2.05, 4.69) is 5.32 Å². The third-order valence-corrected chi connectivity index (χ3v) is 5.48. The van der Waals surface area contributed by atoms with Crippen molar-refractivity contribution >= 4 is 12.0 Å². The zero-order chi connectivity index (χ0) is 17.9. The molecule has 1 heterocycles. The number of benzene rings is 1. The summed E-state index contributed by atoms with van der Waals surface area (Å²) in [6, 6.07) is 7.69. The van der Waals surface area contributed by atoms with Gasteiger partial charge in [-0.1, -0.05) is 18.6 Å². The molecule has 0 aromatic heterocycles. The summed E-state index contributed by atoms with van der Waals surface area (Å²) in [5.74, 6) is 0.179. The van der Waals surface area contributed by atoms with Gasteiger partial charge in [-0.25, -0.2) is 4.79 Å². The second kappa shape index (κ2) is 7.33. The van der Waals surface area contributed by atoms with Crippen LogP contribution in [0.25, 0.3) is 0 Å². The van der Waals surface area contributed by atoms with Crippen LogP contribution in [0.4, 0.5) is 4.79 Å². The van der Waals surface area contributed by atoms with Gasteiger partial charge < -0.3 is 20.1 Å². The average molecular weight is 346 g/mol. The SMILES string of the molecule is CCOc1cccc(CCNC(=O)N2C[C@@H]3CCC[C@@]3(C(=O)O)C2)c1. The first-order valence-electron chi connectivity index (χ1n) is 9.03. The first-order valence-corrected chi connectivity index (χ1v) is 9.03. The van der Waals surface area contributed by atoms with Gasteiger partial charge in [-0.2, -0.15) is 0 Å². The fourth-order valence-corrected chi connectivity index (χ4v) is 4.18. The molecule has 1 aromatic rings. The van der Waals surface area contributed by atoms with Gasteiger partial charge in [-0.3, -0.25) is 4.79 Å². The predicted molar refractivity (Wildman–Crippen MR) is 93.7 cm³/mol. The van der Waals surface area contributed by atoms with Crippen molar-refractivity contribution in [3.8, 4) is 5.75 Å². The van der Waals surface area contributed by atoms with Gasteiger partial charge in [-0.05, 0) is 49.8 Å². The zero-order valence-corrected chi connectivity index (χ0v) is 14.7. The molecule has 0 unspecified atom stereocenters. The number of rotatable bonds is 6. The van der Waals surface area contributed by atoms with Crippen LogP contribution < -0.4 is 10.1 Å². The lowest BCUT2D eigenvalue weighted by Crippen LogP contribution is -2.42. The number of hydrogen-bond donors (Lipinski definition) is 2. The summed E-state index contributed by atoms with van der Waals surface area (Å²) in [5.41, 5.74) is 0.384. The highest BCUT2D eigenvalue weighted by molar-refractivity contribution is 5.80. The predicted octanol–water partition coefficient (Wildman–Crippen LogP) is 2.52. The van der Waals surface area contributed by atoms with E-state index >= 15 is 0 Å². The number of carboxylic acid groups (broad SMARTS) is 1. The minimum absolute atomic E-state index is 0.0959. The number of nitrogens with zero attached hydrogens (tertiary/aromatic N) is 1. The van der Waals surface area contributed by atoms with Crippen molar-refractivity contribution in [3.05, 3.63) is 29.8 Å². The summed E-state index contributed by atoms with van der Waals surface area (Å²) in [6.45, 7) is 3.98. The monoisotopic (exact) mass is 346 g/mol. The molecule has 3 rings (SSSR count). The van der Waals surface area contributed by atoms with E-state index in [0.29, 0.717) is 39.1 Å². The second-order valence-electron chi connectivity index (χ2n) is 6.99. The number of urea groups is 1. The first-order chi connectivity index (χ1) is 12.0. The van der Waals surface area contributed by atoms with Crippen LogP contribution >= 0.6 is 0 Å². The van der Waals surface area contributed by atoms with Gasteiger partial charge >= 0.3 is 12.0 Å². The quantitative estimate of drug-likeness (QED) is 0.830. The van der Waals surface area contributed by atoms with E-state index in [1.54, 1.807) is 4.90 Å². The molecule has 1 aliphatic carbocycles. The largest absolute Gasteiger partial charge is 0.494 e. The van der Waals surface area contributed by atoms with Crippen molar-refractivity contribution in [1.29, 1.82) is 0 Å². The third kappa shape index (κ3) is 3.57. The molecular formula is C19H26N2O4. The van der Waals surface area contributed by atoms with Crippen molar-refractivity contribution in [2.75, 3.05) is 26.2 Å². The lowest BCUT2D eigenvalue weighted by Gasteiger charge is -2.23. The number of hydrogen-bond acceptors (Lipinski definition) is 3.